The van der Waals surface area contributed by atoms with Crippen LogP contribution < -0.4 is 16.0 Å². The molecule has 2 atom stereocenters. The Morgan fingerprint density at radius 3 is 2.80 bits per heavy atom. The summed E-state index contributed by atoms with van der Waals surface area (Å²) in [4.78, 5) is 23.0. The van der Waals surface area contributed by atoms with E-state index in [2.05, 4.69) is 16.0 Å². The average Bonchev–Trinajstić information content (AvgIpc) is 2.70. The Hall–Kier alpha value is -1.10. The maximum atomic E-state index is 11.6. The number of rotatable bonds is 4. The van der Waals surface area contributed by atoms with Gasteiger partial charge in [0.15, 0.2) is 0 Å². The monoisotopic (exact) mass is 213 g/mol. The van der Waals surface area contributed by atoms with Crippen molar-refractivity contribution in [2.45, 2.75) is 38.8 Å². The van der Waals surface area contributed by atoms with Gasteiger partial charge in [-0.15, -0.1) is 0 Å². The van der Waals surface area contributed by atoms with Gasteiger partial charge in [0.2, 0.25) is 11.8 Å². The topological polar surface area (TPSA) is 70.2 Å². The van der Waals surface area contributed by atoms with E-state index in [-0.39, 0.29) is 17.9 Å². The second kappa shape index (κ2) is 5.70. The van der Waals surface area contributed by atoms with E-state index < -0.39 is 6.04 Å². The molecule has 0 aromatic heterocycles. The molecule has 2 unspecified atom stereocenters. The van der Waals surface area contributed by atoms with Gasteiger partial charge in [0.1, 0.15) is 6.04 Å². The Morgan fingerprint density at radius 2 is 2.27 bits per heavy atom. The first-order valence-corrected chi connectivity index (χ1v) is 5.46. The van der Waals surface area contributed by atoms with E-state index in [4.69, 9.17) is 0 Å². The molecule has 0 saturated carbocycles. The van der Waals surface area contributed by atoms with E-state index in [9.17, 15) is 9.59 Å². The van der Waals surface area contributed by atoms with E-state index in [0.717, 1.165) is 19.4 Å². The molecule has 0 aliphatic carbocycles. The SMILES string of the molecule is CCNC(=O)C(C)NC(=O)C1CCCN1. The molecule has 1 rings (SSSR count). The minimum Gasteiger partial charge on any atom is -0.355 e. The van der Waals surface area contributed by atoms with Crippen molar-refractivity contribution in [3.05, 3.63) is 0 Å². The van der Waals surface area contributed by atoms with Crippen LogP contribution in [0.4, 0.5) is 0 Å². The largest absolute Gasteiger partial charge is 0.355 e. The summed E-state index contributed by atoms with van der Waals surface area (Å²) < 4.78 is 0. The molecule has 0 bridgehead atoms. The molecule has 3 N–H and O–H groups in total. The molecule has 5 nitrogen and oxygen atoms in total. The maximum absolute atomic E-state index is 11.6. The summed E-state index contributed by atoms with van der Waals surface area (Å²) in [6.45, 7) is 5.01. The maximum Gasteiger partial charge on any atom is 0.242 e. The predicted octanol–water partition coefficient (Wildman–Crippen LogP) is -0.621. The fraction of sp³-hybridized carbons (Fsp3) is 0.800. The van der Waals surface area contributed by atoms with Crippen molar-refractivity contribution in [1.82, 2.24) is 16.0 Å². The molecular weight excluding hydrogens is 194 g/mol. The highest BCUT2D eigenvalue weighted by molar-refractivity contribution is 5.89. The van der Waals surface area contributed by atoms with Gasteiger partial charge in [0, 0.05) is 6.54 Å². The molecule has 15 heavy (non-hydrogen) atoms. The first-order valence-electron chi connectivity index (χ1n) is 5.46. The van der Waals surface area contributed by atoms with Gasteiger partial charge >= 0.3 is 0 Å². The summed E-state index contributed by atoms with van der Waals surface area (Å²) in [5.41, 5.74) is 0. The smallest absolute Gasteiger partial charge is 0.242 e. The van der Waals surface area contributed by atoms with Crippen LogP contribution in [0.15, 0.2) is 0 Å². The highest BCUT2D eigenvalue weighted by Crippen LogP contribution is 2.04. The zero-order valence-electron chi connectivity index (χ0n) is 9.30. The Labute approximate surface area is 90.0 Å². The van der Waals surface area contributed by atoms with Crippen LogP contribution in [0.3, 0.4) is 0 Å². The number of hydrogen-bond acceptors (Lipinski definition) is 3. The van der Waals surface area contributed by atoms with Gasteiger partial charge in [-0.3, -0.25) is 9.59 Å². The van der Waals surface area contributed by atoms with Crippen molar-refractivity contribution in [2.24, 2.45) is 0 Å². The van der Waals surface area contributed by atoms with Crippen LogP contribution in [0.2, 0.25) is 0 Å². The number of nitrogens with one attached hydrogen (secondary N) is 3. The molecule has 1 saturated heterocycles. The second-order valence-corrected chi connectivity index (χ2v) is 3.77. The van der Waals surface area contributed by atoms with Crippen LogP contribution in [0, 0.1) is 0 Å². The van der Waals surface area contributed by atoms with E-state index in [1.54, 1.807) is 6.92 Å². The fourth-order valence-corrected chi connectivity index (χ4v) is 1.62. The molecule has 2 amide bonds. The number of amides is 2. The minimum absolute atomic E-state index is 0.0775. The summed E-state index contributed by atoms with van der Waals surface area (Å²) >= 11 is 0. The van der Waals surface area contributed by atoms with Gasteiger partial charge in [0.05, 0.1) is 6.04 Å². The van der Waals surface area contributed by atoms with Crippen molar-refractivity contribution < 1.29 is 9.59 Å². The lowest BCUT2D eigenvalue weighted by molar-refractivity contribution is -0.129. The van der Waals surface area contributed by atoms with Crippen LogP contribution in [0.1, 0.15) is 26.7 Å². The molecule has 0 aromatic carbocycles. The van der Waals surface area contributed by atoms with E-state index in [0.29, 0.717) is 6.54 Å². The summed E-state index contributed by atoms with van der Waals surface area (Å²) in [5, 5.41) is 8.45. The Kier molecular flexibility index (Phi) is 4.55. The third-order valence-electron chi connectivity index (χ3n) is 2.48. The van der Waals surface area contributed by atoms with Crippen LogP contribution >= 0.6 is 0 Å². The molecule has 0 radical (unpaired) electrons. The second-order valence-electron chi connectivity index (χ2n) is 3.77. The first kappa shape index (κ1) is 12.0. The molecular formula is C10H19N3O2. The number of likely N-dealkylation sites (N-methyl/N-ethyl adjacent to an activating group) is 1. The van der Waals surface area contributed by atoms with Crippen LogP contribution in [-0.4, -0.2) is 37.0 Å². The van der Waals surface area contributed by atoms with E-state index >= 15 is 0 Å². The molecule has 1 aliphatic rings. The molecule has 5 heteroatoms. The third-order valence-corrected chi connectivity index (χ3v) is 2.48. The van der Waals surface area contributed by atoms with Gasteiger partial charge < -0.3 is 16.0 Å². The molecule has 86 valence electrons. The Balaban J connectivity index is 2.33. The van der Waals surface area contributed by atoms with Crippen molar-refractivity contribution in [3.8, 4) is 0 Å². The number of hydrogen-bond donors (Lipinski definition) is 3. The van der Waals surface area contributed by atoms with Crippen LogP contribution in [0.5, 0.6) is 0 Å². The Bertz CT molecular complexity index is 237. The highest BCUT2D eigenvalue weighted by atomic mass is 16.2. The van der Waals surface area contributed by atoms with Crippen molar-refractivity contribution >= 4 is 11.8 Å². The van der Waals surface area contributed by atoms with Gasteiger partial charge in [-0.05, 0) is 33.2 Å². The summed E-state index contributed by atoms with van der Waals surface area (Å²) in [6, 6.07) is -0.582. The average molecular weight is 213 g/mol. The number of carbonyl (C=O) groups is 2. The normalized spacial score (nSPS) is 22.1. The van der Waals surface area contributed by atoms with Gasteiger partial charge in [0.25, 0.3) is 0 Å². The van der Waals surface area contributed by atoms with E-state index in [1.165, 1.54) is 0 Å². The predicted molar refractivity (Wildman–Crippen MR) is 57.3 cm³/mol. The minimum atomic E-state index is -0.458. The zero-order valence-corrected chi connectivity index (χ0v) is 9.30. The summed E-state index contributed by atoms with van der Waals surface area (Å²) in [6.07, 6.45) is 1.88. The summed E-state index contributed by atoms with van der Waals surface area (Å²) in [7, 11) is 0. The molecule has 0 aromatic rings. The Morgan fingerprint density at radius 1 is 1.53 bits per heavy atom. The lowest BCUT2D eigenvalue weighted by Crippen LogP contribution is -2.50. The van der Waals surface area contributed by atoms with Gasteiger partial charge in [-0.1, -0.05) is 0 Å². The van der Waals surface area contributed by atoms with Crippen LogP contribution in [0.25, 0.3) is 0 Å². The highest BCUT2D eigenvalue weighted by Gasteiger charge is 2.24. The number of carbonyl (C=O) groups excluding carboxylic acids is 2. The standard InChI is InChI=1S/C10H19N3O2/c1-3-11-9(14)7(2)13-10(15)8-5-4-6-12-8/h7-8,12H,3-6H2,1-2H3,(H,11,14)(H,13,15). The fourth-order valence-electron chi connectivity index (χ4n) is 1.62. The lowest BCUT2D eigenvalue weighted by atomic mass is 10.2. The lowest BCUT2D eigenvalue weighted by Gasteiger charge is -2.16. The molecule has 0 spiro atoms. The quantitative estimate of drug-likeness (QED) is 0.583. The molecule has 1 heterocycles. The van der Waals surface area contributed by atoms with Gasteiger partial charge in [-0.25, -0.2) is 0 Å². The van der Waals surface area contributed by atoms with Crippen molar-refractivity contribution in [1.29, 1.82) is 0 Å². The van der Waals surface area contributed by atoms with E-state index in [1.807, 2.05) is 6.92 Å². The van der Waals surface area contributed by atoms with Gasteiger partial charge in [-0.2, -0.15) is 0 Å². The van der Waals surface area contributed by atoms with Crippen molar-refractivity contribution in [2.75, 3.05) is 13.1 Å². The zero-order chi connectivity index (χ0) is 11.3. The molecule has 1 fully saturated rings. The molecule has 1 aliphatic heterocycles. The third kappa shape index (κ3) is 3.51. The van der Waals surface area contributed by atoms with Crippen molar-refractivity contribution in [3.63, 3.8) is 0 Å². The summed E-state index contributed by atoms with van der Waals surface area (Å²) in [5.74, 6) is -0.213. The van der Waals surface area contributed by atoms with Crippen LogP contribution in [-0.2, 0) is 9.59 Å². The first-order chi connectivity index (χ1) is 7.15.